The molecule has 1 unspecified atom stereocenters. The molecule has 0 aliphatic heterocycles. The van der Waals surface area contributed by atoms with E-state index < -0.39 is 0 Å². The summed E-state index contributed by atoms with van der Waals surface area (Å²) in [5, 5.41) is 1.03. The zero-order valence-electron chi connectivity index (χ0n) is 7.89. The van der Waals surface area contributed by atoms with Crippen molar-refractivity contribution in [1.29, 1.82) is 0 Å². The molecule has 0 nitrogen and oxygen atoms in total. The maximum absolute atomic E-state index is 5.90. The molecule has 74 valence electrons. The fourth-order valence-electron chi connectivity index (χ4n) is 1.37. The Kier molecular flexibility index (Phi) is 4.77. The van der Waals surface area contributed by atoms with Crippen LogP contribution in [0, 0.1) is 5.92 Å². The van der Waals surface area contributed by atoms with Gasteiger partial charge in [0.1, 0.15) is 0 Å². The number of alkyl halides is 1. The Balaban J connectivity index is 2.66. The van der Waals surface area contributed by atoms with E-state index in [2.05, 4.69) is 35.8 Å². The van der Waals surface area contributed by atoms with Gasteiger partial charge in [0.2, 0.25) is 0 Å². The van der Waals surface area contributed by atoms with E-state index in [9.17, 15) is 0 Å². The summed E-state index contributed by atoms with van der Waals surface area (Å²) in [7, 11) is 0. The first-order valence-corrected chi connectivity index (χ1v) is 6.76. The Labute approximate surface area is 97.4 Å². The Morgan fingerprint density at radius 2 is 2.15 bits per heavy atom. The molecule has 13 heavy (non-hydrogen) atoms. The van der Waals surface area contributed by atoms with Crippen LogP contribution in [-0.2, 0) is 0 Å². The molecule has 0 N–H and O–H groups in total. The van der Waals surface area contributed by atoms with Gasteiger partial charge < -0.3 is 0 Å². The molecular formula is C10H14BrClS. The van der Waals surface area contributed by atoms with Gasteiger partial charge in [-0.15, -0.1) is 11.3 Å². The van der Waals surface area contributed by atoms with Crippen molar-refractivity contribution in [1.82, 2.24) is 0 Å². The van der Waals surface area contributed by atoms with Crippen molar-refractivity contribution in [3.05, 3.63) is 21.3 Å². The van der Waals surface area contributed by atoms with Crippen molar-refractivity contribution in [2.75, 3.05) is 5.33 Å². The first kappa shape index (κ1) is 11.5. The van der Waals surface area contributed by atoms with Gasteiger partial charge in [0.25, 0.3) is 0 Å². The highest BCUT2D eigenvalue weighted by atomic mass is 79.9. The molecular weight excluding hydrogens is 268 g/mol. The highest BCUT2D eigenvalue weighted by molar-refractivity contribution is 9.09. The standard InChI is InChI=1S/C10H14BrClS/c1-7(2)5-8(6-11)9-3-4-10(12)13-9/h3-4,7-8H,5-6H2,1-2H3. The molecule has 3 heteroatoms. The molecule has 0 saturated carbocycles. The molecule has 1 heterocycles. The van der Waals surface area contributed by atoms with E-state index in [0.717, 1.165) is 15.6 Å². The molecule has 0 saturated heterocycles. The van der Waals surface area contributed by atoms with Gasteiger partial charge in [-0.2, -0.15) is 0 Å². The molecule has 0 amide bonds. The average Bonchev–Trinajstić information content (AvgIpc) is 2.47. The predicted molar refractivity (Wildman–Crippen MR) is 65.3 cm³/mol. The zero-order chi connectivity index (χ0) is 9.84. The fourth-order valence-corrected chi connectivity index (χ4v) is 3.37. The lowest BCUT2D eigenvalue weighted by Crippen LogP contribution is -2.02. The van der Waals surface area contributed by atoms with Crippen LogP contribution in [0.25, 0.3) is 0 Å². The summed E-state index contributed by atoms with van der Waals surface area (Å²) in [5.41, 5.74) is 0. The second-order valence-corrected chi connectivity index (χ2v) is 6.02. The van der Waals surface area contributed by atoms with Crippen LogP contribution >= 0.6 is 38.9 Å². The number of thiophene rings is 1. The summed E-state index contributed by atoms with van der Waals surface area (Å²) in [5.74, 6) is 1.36. The van der Waals surface area contributed by atoms with Crippen LogP contribution in [0.5, 0.6) is 0 Å². The van der Waals surface area contributed by atoms with E-state index in [0.29, 0.717) is 5.92 Å². The highest BCUT2D eigenvalue weighted by Gasteiger charge is 2.13. The summed E-state index contributed by atoms with van der Waals surface area (Å²) >= 11 is 11.2. The fraction of sp³-hybridized carbons (Fsp3) is 0.600. The molecule has 0 bridgehead atoms. The van der Waals surface area contributed by atoms with Crippen molar-refractivity contribution in [2.45, 2.75) is 26.2 Å². The third kappa shape index (κ3) is 3.61. The second kappa shape index (κ2) is 5.38. The maximum atomic E-state index is 5.90. The van der Waals surface area contributed by atoms with Crippen molar-refractivity contribution < 1.29 is 0 Å². The molecule has 0 fully saturated rings. The molecule has 0 spiro atoms. The molecule has 0 radical (unpaired) electrons. The summed E-state index contributed by atoms with van der Waals surface area (Å²) < 4.78 is 0.893. The van der Waals surface area contributed by atoms with Crippen LogP contribution in [0.1, 0.15) is 31.1 Å². The Morgan fingerprint density at radius 1 is 1.46 bits per heavy atom. The molecule has 0 aromatic carbocycles. The second-order valence-electron chi connectivity index (χ2n) is 3.62. The minimum Gasteiger partial charge on any atom is -0.128 e. The van der Waals surface area contributed by atoms with Gasteiger partial charge in [-0.25, -0.2) is 0 Å². The maximum Gasteiger partial charge on any atom is 0.0931 e. The van der Waals surface area contributed by atoms with Crippen LogP contribution in [0.3, 0.4) is 0 Å². The average molecular weight is 282 g/mol. The van der Waals surface area contributed by atoms with Gasteiger partial charge in [0, 0.05) is 16.1 Å². The number of hydrogen-bond acceptors (Lipinski definition) is 1. The molecule has 1 rings (SSSR count). The topological polar surface area (TPSA) is 0 Å². The monoisotopic (exact) mass is 280 g/mol. The number of rotatable bonds is 4. The van der Waals surface area contributed by atoms with Crippen LogP contribution in [0.2, 0.25) is 4.34 Å². The van der Waals surface area contributed by atoms with Gasteiger partial charge in [-0.1, -0.05) is 41.4 Å². The van der Waals surface area contributed by atoms with Crippen molar-refractivity contribution >= 4 is 38.9 Å². The lowest BCUT2D eigenvalue weighted by Gasteiger charge is -2.14. The van der Waals surface area contributed by atoms with Gasteiger partial charge in [0.15, 0.2) is 0 Å². The Hall–Kier alpha value is 0.470. The normalized spacial score (nSPS) is 13.6. The third-order valence-corrected chi connectivity index (χ3v) is 4.11. The minimum atomic E-state index is 0.623. The Bertz CT molecular complexity index is 257. The van der Waals surface area contributed by atoms with Crippen molar-refractivity contribution in [3.63, 3.8) is 0 Å². The Morgan fingerprint density at radius 3 is 2.54 bits per heavy atom. The summed E-state index contributed by atoms with van der Waals surface area (Å²) in [6, 6.07) is 4.12. The zero-order valence-corrected chi connectivity index (χ0v) is 11.0. The summed E-state index contributed by atoms with van der Waals surface area (Å²) in [6.07, 6.45) is 1.22. The number of hydrogen-bond donors (Lipinski definition) is 0. The third-order valence-electron chi connectivity index (χ3n) is 1.94. The van der Waals surface area contributed by atoms with Crippen LogP contribution in [-0.4, -0.2) is 5.33 Å². The van der Waals surface area contributed by atoms with Crippen LogP contribution < -0.4 is 0 Å². The van der Waals surface area contributed by atoms with Gasteiger partial charge >= 0.3 is 0 Å². The summed E-state index contributed by atoms with van der Waals surface area (Å²) in [6.45, 7) is 4.51. The molecule has 0 aliphatic carbocycles. The first-order chi connectivity index (χ1) is 6.13. The lowest BCUT2D eigenvalue weighted by atomic mass is 9.98. The van der Waals surface area contributed by atoms with Gasteiger partial charge in [0.05, 0.1) is 4.34 Å². The van der Waals surface area contributed by atoms with Gasteiger partial charge in [-0.05, 0) is 24.5 Å². The summed E-state index contributed by atoms with van der Waals surface area (Å²) in [4.78, 5) is 1.40. The predicted octanol–water partition coefficient (Wildman–Crippen LogP) is 4.93. The van der Waals surface area contributed by atoms with E-state index in [4.69, 9.17) is 11.6 Å². The minimum absolute atomic E-state index is 0.623. The van der Waals surface area contributed by atoms with E-state index >= 15 is 0 Å². The van der Waals surface area contributed by atoms with E-state index in [1.54, 1.807) is 11.3 Å². The smallest absolute Gasteiger partial charge is 0.0931 e. The van der Waals surface area contributed by atoms with E-state index in [-0.39, 0.29) is 0 Å². The number of halogens is 2. The highest BCUT2D eigenvalue weighted by Crippen LogP contribution is 2.33. The molecule has 1 aromatic heterocycles. The molecule has 1 atom stereocenters. The first-order valence-electron chi connectivity index (χ1n) is 4.44. The largest absolute Gasteiger partial charge is 0.128 e. The van der Waals surface area contributed by atoms with E-state index in [1.165, 1.54) is 11.3 Å². The van der Waals surface area contributed by atoms with Crippen molar-refractivity contribution in [2.24, 2.45) is 5.92 Å². The van der Waals surface area contributed by atoms with Crippen LogP contribution in [0.15, 0.2) is 12.1 Å². The van der Waals surface area contributed by atoms with Gasteiger partial charge in [-0.3, -0.25) is 0 Å². The molecule has 1 aromatic rings. The van der Waals surface area contributed by atoms with Crippen LogP contribution in [0.4, 0.5) is 0 Å². The van der Waals surface area contributed by atoms with E-state index in [1.807, 2.05) is 6.07 Å². The van der Waals surface area contributed by atoms with Crippen molar-refractivity contribution in [3.8, 4) is 0 Å². The quantitative estimate of drug-likeness (QED) is 0.687. The lowest BCUT2D eigenvalue weighted by molar-refractivity contribution is 0.534. The SMILES string of the molecule is CC(C)CC(CBr)c1ccc(Cl)s1. The molecule has 0 aliphatic rings.